The molecule has 0 bridgehead atoms. The summed E-state index contributed by atoms with van der Waals surface area (Å²) in [6.07, 6.45) is 2.34. The molecule has 1 aromatic carbocycles. The number of benzene rings is 1. The molecule has 1 fully saturated rings. The van der Waals surface area contributed by atoms with Gasteiger partial charge in [-0.2, -0.15) is 0 Å². The normalized spacial score (nSPS) is 20.6. The van der Waals surface area contributed by atoms with Gasteiger partial charge in [0.1, 0.15) is 0 Å². The van der Waals surface area contributed by atoms with Gasteiger partial charge < -0.3 is 9.80 Å². The van der Waals surface area contributed by atoms with Gasteiger partial charge in [0, 0.05) is 53.1 Å². The van der Waals surface area contributed by atoms with Crippen LogP contribution in [-0.2, 0) is 0 Å². The molecule has 96 valence electrons. The lowest BCUT2D eigenvalue weighted by Gasteiger charge is -2.37. The Morgan fingerprint density at radius 3 is 2.72 bits per heavy atom. The van der Waals surface area contributed by atoms with Gasteiger partial charge in [-0.3, -0.25) is 0 Å². The first-order chi connectivity index (χ1) is 8.74. The third kappa shape index (κ3) is 2.40. The van der Waals surface area contributed by atoms with Gasteiger partial charge in [-0.25, -0.2) is 0 Å². The highest BCUT2D eigenvalue weighted by atomic mass is 35.5. The van der Waals surface area contributed by atoms with Crippen LogP contribution in [0.2, 0.25) is 5.02 Å². The zero-order chi connectivity index (χ0) is 12.5. The number of halogens is 1. The first-order valence-corrected chi connectivity index (χ1v) is 7.67. The second-order valence-electron chi connectivity index (χ2n) is 4.83. The average molecular weight is 281 g/mol. The van der Waals surface area contributed by atoms with Gasteiger partial charge in [-0.1, -0.05) is 17.7 Å². The van der Waals surface area contributed by atoms with Crippen molar-refractivity contribution in [3.63, 3.8) is 0 Å². The lowest BCUT2D eigenvalue weighted by molar-refractivity contribution is 0.207. The molecular weight excluding hydrogens is 264 g/mol. The largest absolute Gasteiger partial charge is 0.369 e. The summed E-state index contributed by atoms with van der Waals surface area (Å²) < 4.78 is 0. The van der Waals surface area contributed by atoms with Crippen molar-refractivity contribution in [3.05, 3.63) is 34.9 Å². The molecule has 1 aromatic rings. The quantitative estimate of drug-likeness (QED) is 0.781. The predicted molar refractivity (Wildman–Crippen MR) is 79.2 cm³/mol. The summed E-state index contributed by atoms with van der Waals surface area (Å²) >= 11 is 8.03. The standard InChI is InChI=1S/C14H17ClN2S/c1-16-5-7-17(8-6-16)13-4-9-18-14-3-2-11(15)10-12(13)14/h2-4,10H,5-9H2,1H3. The summed E-state index contributed by atoms with van der Waals surface area (Å²) in [6.45, 7) is 4.50. The summed E-state index contributed by atoms with van der Waals surface area (Å²) in [4.78, 5) is 6.23. The van der Waals surface area contributed by atoms with Crippen LogP contribution in [0.3, 0.4) is 0 Å². The maximum Gasteiger partial charge on any atom is 0.0420 e. The van der Waals surface area contributed by atoms with Crippen molar-refractivity contribution < 1.29 is 0 Å². The van der Waals surface area contributed by atoms with Crippen LogP contribution in [0, 0.1) is 0 Å². The molecule has 2 heterocycles. The zero-order valence-corrected chi connectivity index (χ0v) is 12.1. The van der Waals surface area contributed by atoms with E-state index in [1.165, 1.54) is 16.2 Å². The third-order valence-electron chi connectivity index (χ3n) is 3.58. The molecule has 4 heteroatoms. The van der Waals surface area contributed by atoms with E-state index in [-0.39, 0.29) is 0 Å². The van der Waals surface area contributed by atoms with Crippen LogP contribution < -0.4 is 0 Å². The molecule has 0 aromatic heterocycles. The van der Waals surface area contributed by atoms with Gasteiger partial charge in [0.05, 0.1) is 0 Å². The molecule has 18 heavy (non-hydrogen) atoms. The van der Waals surface area contributed by atoms with E-state index in [1.54, 1.807) is 0 Å². The maximum atomic E-state index is 6.14. The predicted octanol–water partition coefficient (Wildman–Crippen LogP) is 3.03. The van der Waals surface area contributed by atoms with E-state index in [4.69, 9.17) is 11.6 Å². The minimum absolute atomic E-state index is 0.830. The number of fused-ring (bicyclic) bond motifs is 1. The SMILES string of the molecule is CN1CCN(C2=CCSc3ccc(Cl)cc32)CC1. The van der Waals surface area contributed by atoms with Crippen LogP contribution >= 0.6 is 23.4 Å². The second kappa shape index (κ2) is 5.16. The van der Waals surface area contributed by atoms with Crippen molar-refractivity contribution in [2.75, 3.05) is 39.0 Å². The lowest BCUT2D eigenvalue weighted by Crippen LogP contribution is -2.43. The highest BCUT2D eigenvalue weighted by Crippen LogP contribution is 2.36. The van der Waals surface area contributed by atoms with Crippen LogP contribution in [0.25, 0.3) is 5.70 Å². The van der Waals surface area contributed by atoms with E-state index in [1.807, 2.05) is 17.8 Å². The molecule has 0 atom stereocenters. The van der Waals surface area contributed by atoms with Crippen LogP contribution in [0.15, 0.2) is 29.2 Å². The van der Waals surface area contributed by atoms with E-state index in [0.717, 1.165) is 37.0 Å². The van der Waals surface area contributed by atoms with E-state index in [9.17, 15) is 0 Å². The second-order valence-corrected chi connectivity index (χ2v) is 6.33. The Bertz CT molecular complexity index is 479. The first-order valence-electron chi connectivity index (χ1n) is 6.30. The Labute approximate surface area is 118 Å². The summed E-state index contributed by atoms with van der Waals surface area (Å²) in [6, 6.07) is 6.24. The molecule has 3 rings (SSSR count). The van der Waals surface area contributed by atoms with E-state index in [0.29, 0.717) is 0 Å². The molecule has 0 saturated carbocycles. The monoisotopic (exact) mass is 280 g/mol. The number of likely N-dealkylation sites (N-methyl/N-ethyl adjacent to an activating group) is 1. The number of thioether (sulfide) groups is 1. The number of piperazine rings is 1. The van der Waals surface area contributed by atoms with Crippen molar-refractivity contribution in [3.8, 4) is 0 Å². The molecule has 1 saturated heterocycles. The Hall–Kier alpha value is -0.640. The smallest absolute Gasteiger partial charge is 0.0420 e. The van der Waals surface area contributed by atoms with Crippen molar-refractivity contribution in [2.45, 2.75) is 4.90 Å². The molecular formula is C14H17ClN2S. The maximum absolute atomic E-state index is 6.14. The number of nitrogens with zero attached hydrogens (tertiary/aromatic N) is 2. The molecule has 2 aliphatic heterocycles. The topological polar surface area (TPSA) is 6.48 Å². The van der Waals surface area contributed by atoms with Crippen LogP contribution in [0.5, 0.6) is 0 Å². The fraction of sp³-hybridized carbons (Fsp3) is 0.429. The van der Waals surface area contributed by atoms with Gasteiger partial charge in [-0.15, -0.1) is 11.8 Å². The average Bonchev–Trinajstić information content (AvgIpc) is 2.39. The molecule has 0 aliphatic carbocycles. The van der Waals surface area contributed by atoms with E-state index < -0.39 is 0 Å². The van der Waals surface area contributed by atoms with E-state index in [2.05, 4.69) is 35.1 Å². The molecule has 2 nitrogen and oxygen atoms in total. The van der Waals surface area contributed by atoms with Crippen molar-refractivity contribution >= 4 is 29.1 Å². The number of rotatable bonds is 1. The fourth-order valence-electron chi connectivity index (χ4n) is 2.50. The van der Waals surface area contributed by atoms with E-state index >= 15 is 0 Å². The molecule has 0 unspecified atom stereocenters. The highest BCUT2D eigenvalue weighted by molar-refractivity contribution is 7.99. The Balaban J connectivity index is 1.89. The first kappa shape index (κ1) is 12.4. The van der Waals surface area contributed by atoms with Crippen LogP contribution in [-0.4, -0.2) is 48.8 Å². The molecule has 0 radical (unpaired) electrons. The minimum atomic E-state index is 0.830. The van der Waals surface area contributed by atoms with Crippen molar-refractivity contribution in [1.29, 1.82) is 0 Å². The molecule has 0 spiro atoms. The van der Waals surface area contributed by atoms with Gasteiger partial charge in [-0.05, 0) is 25.2 Å². The Morgan fingerprint density at radius 2 is 1.94 bits per heavy atom. The van der Waals surface area contributed by atoms with Crippen LogP contribution in [0.1, 0.15) is 5.56 Å². The molecule has 0 amide bonds. The van der Waals surface area contributed by atoms with Gasteiger partial charge in [0.2, 0.25) is 0 Å². The van der Waals surface area contributed by atoms with Gasteiger partial charge >= 0.3 is 0 Å². The highest BCUT2D eigenvalue weighted by Gasteiger charge is 2.21. The summed E-state index contributed by atoms with van der Waals surface area (Å²) in [5, 5.41) is 0.830. The Morgan fingerprint density at radius 1 is 1.17 bits per heavy atom. The van der Waals surface area contributed by atoms with Gasteiger partial charge in [0.15, 0.2) is 0 Å². The van der Waals surface area contributed by atoms with Gasteiger partial charge in [0.25, 0.3) is 0 Å². The Kier molecular flexibility index (Phi) is 3.55. The summed E-state index contributed by atoms with van der Waals surface area (Å²) in [5.41, 5.74) is 2.68. The molecule has 2 aliphatic rings. The lowest BCUT2D eigenvalue weighted by atomic mass is 10.1. The summed E-state index contributed by atoms with van der Waals surface area (Å²) in [7, 11) is 2.19. The van der Waals surface area contributed by atoms with Crippen molar-refractivity contribution in [1.82, 2.24) is 9.80 Å². The van der Waals surface area contributed by atoms with Crippen LogP contribution in [0.4, 0.5) is 0 Å². The summed E-state index contributed by atoms with van der Waals surface area (Å²) in [5.74, 6) is 1.07. The van der Waals surface area contributed by atoms with Crippen molar-refractivity contribution in [2.24, 2.45) is 0 Å². The number of hydrogen-bond acceptors (Lipinski definition) is 3. The zero-order valence-electron chi connectivity index (χ0n) is 10.5. The fourth-order valence-corrected chi connectivity index (χ4v) is 3.57. The molecule has 0 N–H and O–H groups in total. The minimum Gasteiger partial charge on any atom is -0.369 e. The third-order valence-corrected chi connectivity index (χ3v) is 4.81. The number of hydrogen-bond donors (Lipinski definition) is 0.